The maximum atomic E-state index is 11.9. The molecular formula is C13H22N2O3. The van der Waals surface area contributed by atoms with E-state index < -0.39 is 18.0 Å². The van der Waals surface area contributed by atoms with Crippen LogP contribution in [0.3, 0.4) is 0 Å². The van der Waals surface area contributed by atoms with Gasteiger partial charge in [-0.25, -0.2) is 9.59 Å². The van der Waals surface area contributed by atoms with Gasteiger partial charge >= 0.3 is 12.0 Å². The van der Waals surface area contributed by atoms with E-state index in [1.54, 1.807) is 7.05 Å². The van der Waals surface area contributed by atoms with Crippen molar-refractivity contribution in [1.82, 2.24) is 10.2 Å². The van der Waals surface area contributed by atoms with Crippen molar-refractivity contribution >= 4 is 12.0 Å². The molecule has 18 heavy (non-hydrogen) atoms. The van der Waals surface area contributed by atoms with Crippen molar-refractivity contribution in [3.8, 4) is 12.3 Å². The number of carboxylic acid groups (broad SMARTS) is 1. The van der Waals surface area contributed by atoms with Gasteiger partial charge < -0.3 is 15.3 Å². The molecule has 0 aromatic carbocycles. The van der Waals surface area contributed by atoms with Gasteiger partial charge in [-0.15, -0.1) is 12.3 Å². The summed E-state index contributed by atoms with van der Waals surface area (Å²) in [5.74, 6) is 1.11. The van der Waals surface area contributed by atoms with E-state index in [2.05, 4.69) is 11.2 Å². The molecule has 2 unspecified atom stereocenters. The molecule has 5 heteroatoms. The van der Waals surface area contributed by atoms with Crippen LogP contribution in [-0.2, 0) is 4.79 Å². The number of aliphatic carboxylic acids is 1. The Morgan fingerprint density at radius 2 is 1.94 bits per heavy atom. The SMILES string of the molecule is C#CCC(NC(=O)N(C)C(C)C(C)(C)C)C(=O)O. The number of urea groups is 1. The van der Waals surface area contributed by atoms with Gasteiger partial charge in [0.1, 0.15) is 6.04 Å². The highest BCUT2D eigenvalue weighted by Gasteiger charge is 2.29. The summed E-state index contributed by atoms with van der Waals surface area (Å²) in [7, 11) is 1.64. The van der Waals surface area contributed by atoms with Crippen LogP contribution >= 0.6 is 0 Å². The first kappa shape index (κ1) is 16.3. The molecule has 2 atom stereocenters. The predicted octanol–water partition coefficient (Wildman–Crippen LogP) is 1.54. The van der Waals surface area contributed by atoms with Gasteiger partial charge in [-0.1, -0.05) is 20.8 Å². The average Bonchev–Trinajstić information content (AvgIpc) is 2.24. The average molecular weight is 254 g/mol. The Balaban J connectivity index is 4.66. The van der Waals surface area contributed by atoms with Crippen molar-refractivity contribution in [2.45, 2.75) is 46.2 Å². The lowest BCUT2D eigenvalue weighted by Crippen LogP contribution is -2.51. The van der Waals surface area contributed by atoms with Gasteiger partial charge in [-0.05, 0) is 12.3 Å². The molecule has 2 amide bonds. The number of carbonyl (C=O) groups excluding carboxylic acids is 1. The summed E-state index contributed by atoms with van der Waals surface area (Å²) in [5, 5.41) is 11.3. The lowest BCUT2D eigenvalue weighted by atomic mass is 9.87. The van der Waals surface area contributed by atoms with Crippen LogP contribution in [-0.4, -0.2) is 41.1 Å². The highest BCUT2D eigenvalue weighted by atomic mass is 16.4. The van der Waals surface area contributed by atoms with E-state index in [0.29, 0.717) is 0 Å². The molecule has 2 N–H and O–H groups in total. The summed E-state index contributed by atoms with van der Waals surface area (Å²) in [6.07, 6.45) is 5.04. The quantitative estimate of drug-likeness (QED) is 0.748. The van der Waals surface area contributed by atoms with E-state index in [1.165, 1.54) is 4.90 Å². The van der Waals surface area contributed by atoms with Crippen LogP contribution in [0.1, 0.15) is 34.1 Å². The minimum absolute atomic E-state index is 0.0290. The van der Waals surface area contributed by atoms with Crippen LogP contribution in [0.15, 0.2) is 0 Å². The Bertz CT molecular complexity index is 352. The Morgan fingerprint density at radius 3 is 2.28 bits per heavy atom. The van der Waals surface area contributed by atoms with Crippen LogP contribution in [0.5, 0.6) is 0 Å². The van der Waals surface area contributed by atoms with Crippen LogP contribution in [0, 0.1) is 17.8 Å². The number of nitrogens with one attached hydrogen (secondary N) is 1. The summed E-state index contributed by atoms with van der Waals surface area (Å²) in [4.78, 5) is 24.3. The third kappa shape index (κ3) is 4.66. The number of carboxylic acids is 1. The van der Waals surface area contributed by atoms with Gasteiger partial charge in [0.25, 0.3) is 0 Å². The van der Waals surface area contributed by atoms with Crippen molar-refractivity contribution in [3.63, 3.8) is 0 Å². The Labute approximate surface area is 109 Å². The number of hydrogen-bond donors (Lipinski definition) is 2. The second-order valence-electron chi connectivity index (χ2n) is 5.40. The molecule has 0 saturated heterocycles. The Morgan fingerprint density at radius 1 is 1.44 bits per heavy atom. The van der Waals surface area contributed by atoms with Gasteiger partial charge in [-0.2, -0.15) is 0 Å². The lowest BCUT2D eigenvalue weighted by Gasteiger charge is -2.35. The van der Waals surface area contributed by atoms with Crippen molar-refractivity contribution in [3.05, 3.63) is 0 Å². The van der Waals surface area contributed by atoms with E-state index in [0.717, 1.165) is 0 Å². The molecule has 0 heterocycles. The third-order valence-electron chi connectivity index (χ3n) is 3.07. The number of hydrogen-bond acceptors (Lipinski definition) is 2. The first-order valence-electron chi connectivity index (χ1n) is 5.80. The minimum Gasteiger partial charge on any atom is -0.480 e. The zero-order valence-corrected chi connectivity index (χ0v) is 11.7. The van der Waals surface area contributed by atoms with Crippen LogP contribution in [0.4, 0.5) is 4.79 Å². The molecule has 0 spiro atoms. The second kappa shape index (κ2) is 6.29. The fourth-order valence-corrected chi connectivity index (χ4v) is 1.33. The fraction of sp³-hybridized carbons (Fsp3) is 0.692. The van der Waals surface area contributed by atoms with E-state index >= 15 is 0 Å². The topological polar surface area (TPSA) is 69.6 Å². The van der Waals surface area contributed by atoms with Crippen molar-refractivity contribution in [2.24, 2.45) is 5.41 Å². The van der Waals surface area contributed by atoms with Crippen LogP contribution in [0.2, 0.25) is 0 Å². The molecule has 102 valence electrons. The predicted molar refractivity (Wildman–Crippen MR) is 70.1 cm³/mol. The molecule has 0 aromatic heterocycles. The normalized spacial score (nSPS) is 14.2. The molecule has 0 rings (SSSR count). The van der Waals surface area contributed by atoms with Gasteiger partial charge in [-0.3, -0.25) is 0 Å². The van der Waals surface area contributed by atoms with Crippen molar-refractivity contribution < 1.29 is 14.7 Å². The van der Waals surface area contributed by atoms with E-state index in [9.17, 15) is 9.59 Å². The second-order valence-corrected chi connectivity index (χ2v) is 5.40. The van der Waals surface area contributed by atoms with Gasteiger partial charge in [0, 0.05) is 19.5 Å². The lowest BCUT2D eigenvalue weighted by molar-refractivity contribution is -0.139. The molecule has 0 aliphatic heterocycles. The number of carbonyl (C=O) groups is 2. The summed E-state index contributed by atoms with van der Waals surface area (Å²) >= 11 is 0. The summed E-state index contributed by atoms with van der Waals surface area (Å²) in [5.41, 5.74) is -0.0864. The molecule has 0 aromatic rings. The smallest absolute Gasteiger partial charge is 0.327 e. The van der Waals surface area contributed by atoms with E-state index in [1.807, 2.05) is 27.7 Å². The first-order chi connectivity index (χ1) is 8.11. The van der Waals surface area contributed by atoms with E-state index in [-0.39, 0.29) is 17.9 Å². The maximum Gasteiger partial charge on any atom is 0.327 e. The van der Waals surface area contributed by atoms with Crippen LogP contribution in [0.25, 0.3) is 0 Å². The number of terminal acetylenes is 1. The molecule has 0 bridgehead atoms. The molecule has 0 aliphatic carbocycles. The van der Waals surface area contributed by atoms with E-state index in [4.69, 9.17) is 11.5 Å². The van der Waals surface area contributed by atoms with Gasteiger partial charge in [0.05, 0.1) is 0 Å². The maximum absolute atomic E-state index is 11.9. The molecular weight excluding hydrogens is 232 g/mol. The Kier molecular flexibility index (Phi) is 5.70. The van der Waals surface area contributed by atoms with Gasteiger partial charge in [0.15, 0.2) is 0 Å². The Hall–Kier alpha value is -1.70. The zero-order valence-electron chi connectivity index (χ0n) is 11.7. The molecule has 0 saturated carbocycles. The fourth-order valence-electron chi connectivity index (χ4n) is 1.33. The zero-order chi connectivity index (χ0) is 14.5. The monoisotopic (exact) mass is 254 g/mol. The van der Waals surface area contributed by atoms with Gasteiger partial charge in [0.2, 0.25) is 0 Å². The largest absolute Gasteiger partial charge is 0.480 e. The summed E-state index contributed by atoms with van der Waals surface area (Å²) in [6, 6.07) is -1.50. The highest BCUT2D eigenvalue weighted by molar-refractivity contribution is 5.82. The minimum atomic E-state index is -1.13. The summed E-state index contributed by atoms with van der Waals surface area (Å²) < 4.78 is 0. The molecule has 0 aliphatic rings. The standard InChI is InChI=1S/C13H22N2O3/c1-7-8-10(11(16)17)14-12(18)15(6)9(2)13(3,4)5/h1,9-10H,8H2,2-6H3,(H,14,18)(H,16,17). The third-order valence-corrected chi connectivity index (χ3v) is 3.07. The highest BCUT2D eigenvalue weighted by Crippen LogP contribution is 2.22. The molecule has 5 nitrogen and oxygen atoms in total. The first-order valence-corrected chi connectivity index (χ1v) is 5.80. The number of rotatable bonds is 4. The number of nitrogens with zero attached hydrogens (tertiary/aromatic N) is 1. The van der Waals surface area contributed by atoms with Crippen molar-refractivity contribution in [1.29, 1.82) is 0 Å². The molecule has 0 radical (unpaired) electrons. The number of amides is 2. The summed E-state index contributed by atoms with van der Waals surface area (Å²) in [6.45, 7) is 7.95. The van der Waals surface area contributed by atoms with Crippen LogP contribution < -0.4 is 5.32 Å². The van der Waals surface area contributed by atoms with Crippen molar-refractivity contribution in [2.75, 3.05) is 7.05 Å². The molecule has 0 fully saturated rings.